The minimum atomic E-state index is 0.0325. The molecule has 0 spiro atoms. The fraction of sp³-hybridized carbons (Fsp3) is 0.455. The molecule has 0 bridgehead atoms. The molecule has 2 unspecified atom stereocenters. The number of halogens is 1. The third-order valence-electron chi connectivity index (χ3n) is 2.62. The maximum atomic E-state index is 5.86. The molecule has 0 amide bonds. The summed E-state index contributed by atoms with van der Waals surface area (Å²) < 4.78 is 5.72. The van der Waals surface area contributed by atoms with Crippen molar-refractivity contribution in [2.24, 2.45) is 5.84 Å². The molecule has 5 heteroatoms. The third kappa shape index (κ3) is 2.90. The van der Waals surface area contributed by atoms with Crippen LogP contribution in [0, 0.1) is 0 Å². The minimum absolute atomic E-state index is 0.0325. The summed E-state index contributed by atoms with van der Waals surface area (Å²) in [5, 5.41) is 0.735. The fourth-order valence-corrected chi connectivity index (χ4v) is 2.81. The zero-order valence-corrected chi connectivity index (χ0v) is 10.4. The van der Waals surface area contributed by atoms with E-state index in [2.05, 4.69) is 5.43 Å². The quantitative estimate of drug-likeness (QED) is 0.643. The first-order valence-corrected chi connectivity index (χ1v) is 6.75. The summed E-state index contributed by atoms with van der Waals surface area (Å²) in [6, 6.07) is 7.74. The Bertz CT molecular complexity index is 327. The molecule has 1 aliphatic rings. The molecule has 0 saturated carbocycles. The number of hydrazine groups is 1. The standard InChI is InChI=1S/C11H15ClN2OS/c12-9-3-1-8(2-4-9)11(14-13)10-7-16-6-5-15-10/h1-4,10-11,14H,5-7,13H2. The maximum absolute atomic E-state index is 5.86. The molecule has 1 aliphatic heterocycles. The lowest BCUT2D eigenvalue weighted by molar-refractivity contribution is 0.0468. The number of hydrogen-bond donors (Lipinski definition) is 2. The largest absolute Gasteiger partial charge is 0.374 e. The van der Waals surface area contributed by atoms with Crippen LogP contribution in [0.1, 0.15) is 11.6 Å². The molecule has 1 heterocycles. The highest BCUT2D eigenvalue weighted by molar-refractivity contribution is 7.99. The second kappa shape index (κ2) is 5.89. The van der Waals surface area contributed by atoms with Crippen molar-refractivity contribution in [1.29, 1.82) is 0 Å². The minimum Gasteiger partial charge on any atom is -0.374 e. The lowest BCUT2D eigenvalue weighted by Gasteiger charge is -2.30. The monoisotopic (exact) mass is 258 g/mol. The van der Waals surface area contributed by atoms with Crippen molar-refractivity contribution in [3.8, 4) is 0 Å². The van der Waals surface area contributed by atoms with E-state index in [4.69, 9.17) is 22.2 Å². The average Bonchev–Trinajstić information content (AvgIpc) is 2.34. The predicted octanol–water partition coefficient (Wildman–Crippen LogP) is 1.98. The number of hydrogen-bond acceptors (Lipinski definition) is 4. The second-order valence-corrected chi connectivity index (χ2v) is 5.27. The van der Waals surface area contributed by atoms with Gasteiger partial charge in [0, 0.05) is 16.5 Å². The van der Waals surface area contributed by atoms with Crippen LogP contribution in [0.5, 0.6) is 0 Å². The van der Waals surface area contributed by atoms with E-state index >= 15 is 0 Å². The number of nitrogens with one attached hydrogen (secondary N) is 1. The summed E-state index contributed by atoms with van der Waals surface area (Å²) in [4.78, 5) is 0. The van der Waals surface area contributed by atoms with Crippen molar-refractivity contribution in [1.82, 2.24) is 5.43 Å². The smallest absolute Gasteiger partial charge is 0.0873 e. The Hall–Kier alpha value is -0.260. The Morgan fingerprint density at radius 3 is 2.75 bits per heavy atom. The Morgan fingerprint density at radius 1 is 1.44 bits per heavy atom. The molecule has 88 valence electrons. The van der Waals surface area contributed by atoms with Gasteiger partial charge >= 0.3 is 0 Å². The molecule has 1 aromatic carbocycles. The van der Waals surface area contributed by atoms with Gasteiger partial charge in [-0.1, -0.05) is 23.7 Å². The van der Waals surface area contributed by atoms with Crippen LogP contribution in [0.4, 0.5) is 0 Å². The van der Waals surface area contributed by atoms with Crippen molar-refractivity contribution in [2.75, 3.05) is 18.1 Å². The van der Waals surface area contributed by atoms with Crippen LogP contribution in [0.15, 0.2) is 24.3 Å². The number of thioether (sulfide) groups is 1. The number of benzene rings is 1. The van der Waals surface area contributed by atoms with E-state index in [9.17, 15) is 0 Å². The lowest BCUT2D eigenvalue weighted by Crippen LogP contribution is -2.41. The molecule has 1 saturated heterocycles. The van der Waals surface area contributed by atoms with E-state index in [1.165, 1.54) is 0 Å². The molecule has 16 heavy (non-hydrogen) atoms. The van der Waals surface area contributed by atoms with Gasteiger partial charge < -0.3 is 4.74 Å². The van der Waals surface area contributed by atoms with E-state index in [0.717, 1.165) is 28.7 Å². The summed E-state index contributed by atoms with van der Waals surface area (Å²) >= 11 is 7.76. The van der Waals surface area contributed by atoms with E-state index < -0.39 is 0 Å². The Morgan fingerprint density at radius 2 is 2.19 bits per heavy atom. The van der Waals surface area contributed by atoms with Gasteiger partial charge in [0.25, 0.3) is 0 Å². The molecule has 3 nitrogen and oxygen atoms in total. The molecular formula is C11H15ClN2OS. The van der Waals surface area contributed by atoms with Gasteiger partial charge in [0.15, 0.2) is 0 Å². The highest BCUT2D eigenvalue weighted by Crippen LogP contribution is 2.25. The van der Waals surface area contributed by atoms with Gasteiger partial charge in [0.2, 0.25) is 0 Å². The van der Waals surface area contributed by atoms with Crippen LogP contribution in [0.3, 0.4) is 0 Å². The van der Waals surface area contributed by atoms with Gasteiger partial charge in [0.1, 0.15) is 0 Å². The first-order chi connectivity index (χ1) is 7.81. The van der Waals surface area contributed by atoms with E-state index in [1.807, 2.05) is 36.0 Å². The van der Waals surface area contributed by atoms with Crippen molar-refractivity contribution in [3.63, 3.8) is 0 Å². The van der Waals surface area contributed by atoms with Gasteiger partial charge in [-0.05, 0) is 17.7 Å². The Balaban J connectivity index is 2.11. The van der Waals surface area contributed by atoms with Gasteiger partial charge in [-0.3, -0.25) is 11.3 Å². The van der Waals surface area contributed by atoms with Crippen LogP contribution in [-0.4, -0.2) is 24.2 Å². The summed E-state index contributed by atoms with van der Waals surface area (Å²) in [7, 11) is 0. The van der Waals surface area contributed by atoms with Crippen LogP contribution >= 0.6 is 23.4 Å². The average molecular weight is 259 g/mol. The number of nitrogens with two attached hydrogens (primary N) is 1. The van der Waals surface area contributed by atoms with Gasteiger partial charge in [-0.2, -0.15) is 11.8 Å². The number of ether oxygens (including phenoxy) is 1. The Kier molecular flexibility index (Phi) is 4.49. The molecule has 0 radical (unpaired) electrons. The van der Waals surface area contributed by atoms with Crippen LogP contribution in [0.2, 0.25) is 5.02 Å². The number of rotatable bonds is 3. The van der Waals surface area contributed by atoms with E-state index in [0.29, 0.717) is 0 Å². The third-order valence-corrected chi connectivity index (χ3v) is 3.89. The zero-order chi connectivity index (χ0) is 11.4. The van der Waals surface area contributed by atoms with Crippen LogP contribution < -0.4 is 11.3 Å². The zero-order valence-electron chi connectivity index (χ0n) is 8.86. The normalized spacial score (nSPS) is 23.0. The summed E-state index contributed by atoms with van der Waals surface area (Å²) in [5.74, 6) is 7.64. The van der Waals surface area contributed by atoms with Crippen molar-refractivity contribution in [3.05, 3.63) is 34.9 Å². The summed E-state index contributed by atoms with van der Waals surface area (Å²) in [5.41, 5.74) is 3.94. The molecular weight excluding hydrogens is 244 g/mol. The summed E-state index contributed by atoms with van der Waals surface area (Å²) in [6.45, 7) is 0.793. The topological polar surface area (TPSA) is 47.3 Å². The van der Waals surface area contributed by atoms with Crippen molar-refractivity contribution >= 4 is 23.4 Å². The molecule has 2 atom stereocenters. The van der Waals surface area contributed by atoms with Crippen molar-refractivity contribution in [2.45, 2.75) is 12.1 Å². The molecule has 1 aromatic rings. The molecule has 0 aromatic heterocycles. The maximum Gasteiger partial charge on any atom is 0.0873 e. The SMILES string of the molecule is NNC(c1ccc(Cl)cc1)C1CSCCO1. The van der Waals surface area contributed by atoms with Crippen LogP contribution in [0.25, 0.3) is 0 Å². The first kappa shape index (κ1) is 12.2. The van der Waals surface area contributed by atoms with E-state index in [1.54, 1.807) is 0 Å². The molecule has 1 fully saturated rings. The lowest BCUT2D eigenvalue weighted by atomic mass is 10.0. The van der Waals surface area contributed by atoms with Crippen LogP contribution in [-0.2, 0) is 4.74 Å². The Labute approximate surface area is 105 Å². The molecule has 0 aliphatic carbocycles. The highest BCUT2D eigenvalue weighted by Gasteiger charge is 2.25. The predicted molar refractivity (Wildman–Crippen MR) is 68.6 cm³/mol. The summed E-state index contributed by atoms with van der Waals surface area (Å²) in [6.07, 6.45) is 0.130. The van der Waals surface area contributed by atoms with E-state index in [-0.39, 0.29) is 12.1 Å². The molecule has 3 N–H and O–H groups in total. The van der Waals surface area contributed by atoms with Crippen molar-refractivity contribution < 1.29 is 4.74 Å². The first-order valence-electron chi connectivity index (χ1n) is 5.22. The van der Waals surface area contributed by atoms with Gasteiger partial charge in [-0.15, -0.1) is 0 Å². The van der Waals surface area contributed by atoms with Gasteiger partial charge in [-0.25, -0.2) is 0 Å². The fourth-order valence-electron chi connectivity index (χ4n) is 1.79. The molecule has 2 rings (SSSR count). The highest BCUT2D eigenvalue weighted by atomic mass is 35.5. The second-order valence-electron chi connectivity index (χ2n) is 3.68. The van der Waals surface area contributed by atoms with Gasteiger partial charge in [0.05, 0.1) is 18.8 Å².